The molecule has 0 aliphatic heterocycles. The molecule has 0 aromatic heterocycles. The lowest BCUT2D eigenvalue weighted by Gasteiger charge is -2.15. The van der Waals surface area contributed by atoms with Crippen molar-refractivity contribution in [3.05, 3.63) is 53.1 Å². The van der Waals surface area contributed by atoms with Gasteiger partial charge in [-0.3, -0.25) is 4.79 Å². The van der Waals surface area contributed by atoms with Crippen molar-refractivity contribution in [3.8, 4) is 17.2 Å². The zero-order chi connectivity index (χ0) is 19.6. The topological polar surface area (TPSA) is 56.8 Å². The molecule has 0 heterocycles. The second-order valence-corrected chi connectivity index (χ2v) is 6.34. The molecule has 1 unspecified atom stereocenters. The van der Waals surface area contributed by atoms with Crippen LogP contribution in [0.25, 0.3) is 0 Å². The fourth-order valence-corrected chi connectivity index (χ4v) is 2.62. The Bertz CT molecular complexity index is 733. The lowest BCUT2D eigenvalue weighted by Crippen LogP contribution is -2.37. The van der Waals surface area contributed by atoms with E-state index in [-0.39, 0.29) is 5.91 Å². The predicted octanol–water partition coefficient (Wildman–Crippen LogP) is 4.26. The molecule has 0 saturated carbocycles. The molecule has 2 aromatic rings. The molecule has 1 N–H and O–H groups in total. The third-order valence-corrected chi connectivity index (χ3v) is 4.07. The smallest absolute Gasteiger partial charge is 0.260 e. The maximum absolute atomic E-state index is 12.2. The Hall–Kier alpha value is -2.40. The molecule has 1 amide bonds. The van der Waals surface area contributed by atoms with Crippen LogP contribution in [0.2, 0.25) is 5.02 Å². The van der Waals surface area contributed by atoms with Crippen molar-refractivity contribution >= 4 is 17.5 Å². The summed E-state index contributed by atoms with van der Waals surface area (Å²) in [5, 5.41) is 3.52. The van der Waals surface area contributed by atoms with Crippen molar-refractivity contribution in [3.63, 3.8) is 0 Å². The van der Waals surface area contributed by atoms with Crippen LogP contribution in [0, 0.1) is 0 Å². The van der Waals surface area contributed by atoms with Crippen LogP contribution >= 0.6 is 11.6 Å². The number of amides is 1. The minimum Gasteiger partial charge on any atom is -0.490 e. The largest absolute Gasteiger partial charge is 0.490 e. The van der Waals surface area contributed by atoms with Crippen LogP contribution in [0.15, 0.2) is 42.5 Å². The van der Waals surface area contributed by atoms with Gasteiger partial charge in [0.1, 0.15) is 5.75 Å². The van der Waals surface area contributed by atoms with Crippen LogP contribution in [0.5, 0.6) is 17.2 Å². The monoisotopic (exact) mass is 391 g/mol. The normalized spacial score (nSPS) is 11.6. The number of ether oxygens (including phenoxy) is 3. The summed E-state index contributed by atoms with van der Waals surface area (Å²) in [6, 6.07) is 12.8. The van der Waals surface area contributed by atoms with Crippen molar-refractivity contribution in [2.24, 2.45) is 0 Å². The third-order valence-electron chi connectivity index (χ3n) is 3.82. The van der Waals surface area contributed by atoms with E-state index in [1.54, 1.807) is 31.2 Å². The summed E-state index contributed by atoms with van der Waals surface area (Å²) in [6.07, 6.45) is 0.0943. The van der Waals surface area contributed by atoms with Gasteiger partial charge in [-0.05, 0) is 69.2 Å². The fourth-order valence-electron chi connectivity index (χ4n) is 2.50. The quantitative estimate of drug-likeness (QED) is 0.657. The highest BCUT2D eigenvalue weighted by molar-refractivity contribution is 6.30. The number of benzene rings is 2. The second kappa shape index (κ2) is 10.7. The number of hydrogen-bond donors (Lipinski definition) is 1. The van der Waals surface area contributed by atoms with Crippen molar-refractivity contribution in [1.29, 1.82) is 0 Å². The Balaban J connectivity index is 1.84. The minimum absolute atomic E-state index is 0.166. The van der Waals surface area contributed by atoms with E-state index in [9.17, 15) is 4.79 Å². The van der Waals surface area contributed by atoms with E-state index in [4.69, 9.17) is 25.8 Å². The Morgan fingerprint density at radius 2 is 1.70 bits per heavy atom. The van der Waals surface area contributed by atoms with Crippen molar-refractivity contribution in [2.75, 3.05) is 19.8 Å². The van der Waals surface area contributed by atoms with Crippen LogP contribution in [0.3, 0.4) is 0 Å². The van der Waals surface area contributed by atoms with Crippen LogP contribution < -0.4 is 19.5 Å². The molecule has 0 aliphatic rings. The van der Waals surface area contributed by atoms with Gasteiger partial charge in [-0.25, -0.2) is 0 Å². The number of carbonyl (C=O) groups excluding carboxylic acids is 1. The Labute approximate surface area is 165 Å². The van der Waals surface area contributed by atoms with Crippen molar-refractivity contribution in [2.45, 2.75) is 33.3 Å². The van der Waals surface area contributed by atoms with Crippen LogP contribution in [-0.2, 0) is 11.2 Å². The lowest BCUT2D eigenvalue weighted by atomic mass is 10.1. The molecule has 6 heteroatoms. The maximum Gasteiger partial charge on any atom is 0.260 e. The van der Waals surface area contributed by atoms with Gasteiger partial charge in [0.25, 0.3) is 5.91 Å². The Morgan fingerprint density at radius 3 is 2.37 bits per heavy atom. The predicted molar refractivity (Wildman–Crippen MR) is 107 cm³/mol. The standard InChI is InChI=1S/C21H26ClNO4/c1-4-25-19-11-6-16(14-20(19)26-5-2)12-13-23-21(24)15(3)27-18-9-7-17(22)8-10-18/h6-11,14-15H,4-5,12-13H2,1-3H3,(H,23,24). The fraction of sp³-hybridized carbons (Fsp3) is 0.381. The van der Waals surface area contributed by atoms with E-state index in [0.29, 0.717) is 37.0 Å². The number of halogens is 1. The molecule has 146 valence electrons. The SMILES string of the molecule is CCOc1ccc(CCNC(=O)C(C)Oc2ccc(Cl)cc2)cc1OCC. The molecular weight excluding hydrogens is 366 g/mol. The van der Waals surface area contributed by atoms with Crippen LogP contribution in [0.4, 0.5) is 0 Å². The molecule has 0 fully saturated rings. The first-order chi connectivity index (χ1) is 13.0. The number of rotatable bonds is 10. The van der Waals surface area contributed by atoms with Gasteiger partial charge in [0.05, 0.1) is 13.2 Å². The zero-order valence-electron chi connectivity index (χ0n) is 16.0. The van der Waals surface area contributed by atoms with E-state index in [1.807, 2.05) is 32.0 Å². The summed E-state index contributed by atoms with van der Waals surface area (Å²) < 4.78 is 16.8. The first-order valence-corrected chi connectivity index (χ1v) is 9.49. The summed E-state index contributed by atoms with van der Waals surface area (Å²) in [6.45, 7) is 7.25. The molecular formula is C21H26ClNO4. The van der Waals surface area contributed by atoms with Gasteiger partial charge in [-0.1, -0.05) is 17.7 Å². The first-order valence-electron chi connectivity index (χ1n) is 9.12. The van der Waals surface area contributed by atoms with Crippen LogP contribution in [0.1, 0.15) is 26.3 Å². The highest BCUT2D eigenvalue weighted by Crippen LogP contribution is 2.28. The first kappa shape index (κ1) is 20.9. The molecule has 0 saturated heterocycles. The number of hydrogen-bond acceptors (Lipinski definition) is 4. The summed E-state index contributed by atoms with van der Waals surface area (Å²) in [5.74, 6) is 1.90. The van der Waals surface area contributed by atoms with Gasteiger partial charge in [0, 0.05) is 11.6 Å². The van der Waals surface area contributed by atoms with Crippen molar-refractivity contribution < 1.29 is 19.0 Å². The molecule has 0 aliphatic carbocycles. The molecule has 5 nitrogen and oxygen atoms in total. The lowest BCUT2D eigenvalue weighted by molar-refractivity contribution is -0.127. The summed E-state index contributed by atoms with van der Waals surface area (Å²) in [7, 11) is 0. The van der Waals surface area contributed by atoms with E-state index >= 15 is 0 Å². The van der Waals surface area contributed by atoms with Gasteiger partial charge in [0.15, 0.2) is 17.6 Å². The molecule has 27 heavy (non-hydrogen) atoms. The molecule has 0 radical (unpaired) electrons. The van der Waals surface area contributed by atoms with E-state index in [0.717, 1.165) is 17.1 Å². The number of carbonyl (C=O) groups is 1. The highest BCUT2D eigenvalue weighted by atomic mass is 35.5. The van der Waals surface area contributed by atoms with Crippen molar-refractivity contribution in [1.82, 2.24) is 5.32 Å². The summed E-state index contributed by atoms with van der Waals surface area (Å²) in [4.78, 5) is 12.2. The van der Waals surface area contributed by atoms with Gasteiger partial charge in [-0.15, -0.1) is 0 Å². The summed E-state index contributed by atoms with van der Waals surface area (Å²) >= 11 is 5.84. The van der Waals surface area contributed by atoms with Gasteiger partial charge < -0.3 is 19.5 Å². The van der Waals surface area contributed by atoms with Gasteiger partial charge >= 0.3 is 0 Å². The Kier molecular flexibility index (Phi) is 8.27. The van der Waals surface area contributed by atoms with Gasteiger partial charge in [-0.2, -0.15) is 0 Å². The summed E-state index contributed by atoms with van der Waals surface area (Å²) in [5.41, 5.74) is 1.06. The second-order valence-electron chi connectivity index (χ2n) is 5.90. The minimum atomic E-state index is -0.592. The highest BCUT2D eigenvalue weighted by Gasteiger charge is 2.14. The van der Waals surface area contributed by atoms with Gasteiger partial charge in [0.2, 0.25) is 0 Å². The molecule has 0 bridgehead atoms. The molecule has 1 atom stereocenters. The Morgan fingerprint density at radius 1 is 1.04 bits per heavy atom. The van der Waals surface area contributed by atoms with Crippen LogP contribution in [-0.4, -0.2) is 31.8 Å². The average Bonchev–Trinajstić information content (AvgIpc) is 2.66. The third kappa shape index (κ3) is 6.68. The maximum atomic E-state index is 12.2. The molecule has 0 spiro atoms. The average molecular weight is 392 g/mol. The zero-order valence-corrected chi connectivity index (χ0v) is 16.7. The van der Waals surface area contributed by atoms with E-state index in [1.165, 1.54) is 0 Å². The molecule has 2 aromatic carbocycles. The molecule has 2 rings (SSSR count). The number of nitrogens with one attached hydrogen (secondary N) is 1. The van der Waals surface area contributed by atoms with E-state index < -0.39 is 6.10 Å². The van der Waals surface area contributed by atoms with E-state index in [2.05, 4.69) is 5.32 Å².